The number of aryl methyl sites for hydroxylation is 1. The summed E-state index contributed by atoms with van der Waals surface area (Å²) in [5.74, 6) is 2.63. The van der Waals surface area contributed by atoms with Gasteiger partial charge in [-0.3, -0.25) is 9.69 Å². The number of hydrogen-bond donors (Lipinski definition) is 0. The van der Waals surface area contributed by atoms with Gasteiger partial charge in [0.2, 0.25) is 0 Å². The van der Waals surface area contributed by atoms with Crippen LogP contribution in [0.2, 0.25) is 0 Å². The van der Waals surface area contributed by atoms with Crippen molar-refractivity contribution in [2.75, 3.05) is 37.6 Å². The van der Waals surface area contributed by atoms with E-state index in [-0.39, 0.29) is 5.56 Å². The molecule has 1 saturated carbocycles. The second-order valence-electron chi connectivity index (χ2n) is 7.27. The Kier molecular flexibility index (Phi) is 4.97. The van der Waals surface area contributed by atoms with Crippen LogP contribution in [0.1, 0.15) is 36.7 Å². The Morgan fingerprint density at radius 3 is 2.62 bits per heavy atom. The van der Waals surface area contributed by atoms with Crippen molar-refractivity contribution in [1.82, 2.24) is 24.6 Å². The molecule has 2 fully saturated rings. The van der Waals surface area contributed by atoms with E-state index in [2.05, 4.69) is 19.9 Å². The Morgan fingerprint density at radius 1 is 1.08 bits per heavy atom. The van der Waals surface area contributed by atoms with Gasteiger partial charge in [-0.25, -0.2) is 14.6 Å². The molecule has 138 valence electrons. The molecule has 4 rings (SSSR count). The quantitative estimate of drug-likeness (QED) is 0.809. The lowest BCUT2D eigenvalue weighted by atomic mass is 9.85. The van der Waals surface area contributed by atoms with E-state index in [4.69, 9.17) is 4.98 Å². The highest BCUT2D eigenvalue weighted by atomic mass is 16.1. The van der Waals surface area contributed by atoms with Crippen molar-refractivity contribution < 1.29 is 0 Å². The number of hydrogen-bond acceptors (Lipinski definition) is 6. The van der Waals surface area contributed by atoms with Gasteiger partial charge in [-0.2, -0.15) is 5.10 Å². The first-order valence-electron chi connectivity index (χ1n) is 9.54. The summed E-state index contributed by atoms with van der Waals surface area (Å²) in [6.45, 7) is 7.26. The van der Waals surface area contributed by atoms with Crippen molar-refractivity contribution in [3.8, 4) is 0 Å². The van der Waals surface area contributed by atoms with Crippen LogP contribution in [0.15, 0.2) is 29.2 Å². The average molecular weight is 354 g/mol. The lowest BCUT2D eigenvalue weighted by Crippen LogP contribution is -2.48. The SMILES string of the molecule is Cc1ccc(=O)n(CCN2CCN(c3ccnc(C4CCC4)n3)CC2)n1. The van der Waals surface area contributed by atoms with E-state index in [1.807, 2.05) is 19.2 Å². The van der Waals surface area contributed by atoms with Crippen molar-refractivity contribution in [1.29, 1.82) is 0 Å². The molecule has 0 spiro atoms. The largest absolute Gasteiger partial charge is 0.354 e. The van der Waals surface area contributed by atoms with Gasteiger partial charge in [-0.15, -0.1) is 0 Å². The molecule has 0 N–H and O–H groups in total. The number of nitrogens with zero attached hydrogens (tertiary/aromatic N) is 6. The lowest BCUT2D eigenvalue weighted by molar-refractivity contribution is 0.242. The smallest absolute Gasteiger partial charge is 0.266 e. The monoisotopic (exact) mass is 354 g/mol. The highest BCUT2D eigenvalue weighted by molar-refractivity contribution is 5.38. The highest BCUT2D eigenvalue weighted by Crippen LogP contribution is 2.34. The zero-order valence-electron chi connectivity index (χ0n) is 15.3. The van der Waals surface area contributed by atoms with Crippen LogP contribution in [0.4, 0.5) is 5.82 Å². The summed E-state index contributed by atoms with van der Waals surface area (Å²) in [4.78, 5) is 25.9. The topological polar surface area (TPSA) is 67.2 Å². The van der Waals surface area contributed by atoms with E-state index >= 15 is 0 Å². The molecular formula is C19H26N6O. The molecule has 0 unspecified atom stereocenters. The Balaban J connectivity index is 1.31. The Morgan fingerprint density at radius 2 is 1.88 bits per heavy atom. The predicted octanol–water partition coefficient (Wildman–Crippen LogP) is 1.43. The van der Waals surface area contributed by atoms with Gasteiger partial charge >= 0.3 is 0 Å². The molecule has 0 atom stereocenters. The van der Waals surface area contributed by atoms with Crippen molar-refractivity contribution in [3.05, 3.63) is 46.3 Å². The third-order valence-corrected chi connectivity index (χ3v) is 5.45. The Labute approximate surface area is 153 Å². The number of aromatic nitrogens is 4. The van der Waals surface area contributed by atoms with Crippen LogP contribution in [0.5, 0.6) is 0 Å². The van der Waals surface area contributed by atoms with E-state index in [1.165, 1.54) is 19.3 Å². The van der Waals surface area contributed by atoms with Crippen LogP contribution in [-0.2, 0) is 6.54 Å². The van der Waals surface area contributed by atoms with E-state index in [0.29, 0.717) is 12.5 Å². The van der Waals surface area contributed by atoms with E-state index < -0.39 is 0 Å². The first-order chi connectivity index (χ1) is 12.7. The molecule has 1 saturated heterocycles. The molecule has 2 aromatic heterocycles. The van der Waals surface area contributed by atoms with Gasteiger partial charge in [0.15, 0.2) is 0 Å². The third-order valence-electron chi connectivity index (χ3n) is 5.45. The molecule has 7 heteroatoms. The standard InChI is InChI=1S/C19H26N6O/c1-15-5-6-18(26)25(22-15)14-11-23-9-12-24(13-10-23)17-7-8-20-19(21-17)16-3-2-4-16/h5-8,16H,2-4,9-14H2,1H3. The molecule has 0 aromatic carbocycles. The van der Waals surface area contributed by atoms with Gasteiger partial charge in [0.05, 0.1) is 12.2 Å². The minimum absolute atomic E-state index is 0.0289. The fraction of sp³-hybridized carbons (Fsp3) is 0.579. The fourth-order valence-electron chi connectivity index (χ4n) is 3.55. The zero-order chi connectivity index (χ0) is 17.9. The molecular weight excluding hydrogens is 328 g/mol. The second kappa shape index (κ2) is 7.53. The van der Waals surface area contributed by atoms with Crippen molar-refractivity contribution in [3.63, 3.8) is 0 Å². The molecule has 26 heavy (non-hydrogen) atoms. The first-order valence-corrected chi connectivity index (χ1v) is 9.54. The highest BCUT2D eigenvalue weighted by Gasteiger charge is 2.24. The molecule has 7 nitrogen and oxygen atoms in total. The number of rotatable bonds is 5. The van der Waals surface area contributed by atoms with Crippen LogP contribution in [0.3, 0.4) is 0 Å². The summed E-state index contributed by atoms with van der Waals surface area (Å²) in [6.07, 6.45) is 5.65. The summed E-state index contributed by atoms with van der Waals surface area (Å²) in [6, 6.07) is 5.38. The maximum atomic E-state index is 11.9. The fourth-order valence-corrected chi connectivity index (χ4v) is 3.55. The summed E-state index contributed by atoms with van der Waals surface area (Å²) in [5.41, 5.74) is 0.846. The summed E-state index contributed by atoms with van der Waals surface area (Å²) in [5, 5.41) is 4.31. The molecule has 2 aromatic rings. The van der Waals surface area contributed by atoms with Gasteiger partial charge in [-0.1, -0.05) is 6.42 Å². The number of piperazine rings is 1. The van der Waals surface area contributed by atoms with Crippen molar-refractivity contribution >= 4 is 5.82 Å². The first kappa shape index (κ1) is 17.1. The summed E-state index contributed by atoms with van der Waals surface area (Å²) in [7, 11) is 0. The Hall–Kier alpha value is -2.28. The van der Waals surface area contributed by atoms with Crippen LogP contribution in [0, 0.1) is 6.92 Å². The normalized spacial score (nSPS) is 18.7. The number of anilines is 1. The van der Waals surface area contributed by atoms with Crippen LogP contribution in [0.25, 0.3) is 0 Å². The molecule has 0 radical (unpaired) electrons. The Bertz CT molecular complexity index is 808. The van der Waals surface area contributed by atoms with Gasteiger partial charge in [0, 0.05) is 50.9 Å². The van der Waals surface area contributed by atoms with E-state index in [9.17, 15) is 4.79 Å². The molecule has 3 heterocycles. The molecule has 0 amide bonds. The zero-order valence-corrected chi connectivity index (χ0v) is 15.3. The van der Waals surface area contributed by atoms with Gasteiger partial charge in [0.25, 0.3) is 5.56 Å². The minimum Gasteiger partial charge on any atom is -0.354 e. The van der Waals surface area contributed by atoms with Crippen molar-refractivity contribution in [2.45, 2.75) is 38.6 Å². The van der Waals surface area contributed by atoms with Crippen LogP contribution in [-0.4, -0.2) is 57.4 Å². The average Bonchev–Trinajstić information content (AvgIpc) is 2.62. The predicted molar refractivity (Wildman–Crippen MR) is 101 cm³/mol. The van der Waals surface area contributed by atoms with E-state index in [1.54, 1.807) is 16.8 Å². The van der Waals surface area contributed by atoms with Gasteiger partial charge < -0.3 is 4.90 Å². The van der Waals surface area contributed by atoms with Crippen LogP contribution < -0.4 is 10.5 Å². The van der Waals surface area contributed by atoms with E-state index in [0.717, 1.165) is 50.1 Å². The maximum absolute atomic E-state index is 11.9. The maximum Gasteiger partial charge on any atom is 0.266 e. The molecule has 2 aliphatic rings. The molecule has 1 aliphatic heterocycles. The summed E-state index contributed by atoms with van der Waals surface area (Å²) < 4.78 is 1.57. The minimum atomic E-state index is -0.0289. The third kappa shape index (κ3) is 3.77. The van der Waals surface area contributed by atoms with Gasteiger partial charge in [0.1, 0.15) is 11.6 Å². The van der Waals surface area contributed by atoms with Crippen molar-refractivity contribution in [2.24, 2.45) is 0 Å². The molecule has 0 bridgehead atoms. The summed E-state index contributed by atoms with van der Waals surface area (Å²) >= 11 is 0. The second-order valence-corrected chi connectivity index (χ2v) is 7.27. The molecule has 1 aliphatic carbocycles. The van der Waals surface area contributed by atoms with Crippen LogP contribution >= 0.6 is 0 Å². The van der Waals surface area contributed by atoms with Gasteiger partial charge in [-0.05, 0) is 31.9 Å². The lowest BCUT2D eigenvalue weighted by Gasteiger charge is -2.35.